The van der Waals surface area contributed by atoms with E-state index >= 15 is 0 Å². The lowest BCUT2D eigenvalue weighted by atomic mass is 9.79. The number of hydrogen-bond donors (Lipinski definition) is 0. The minimum absolute atomic E-state index is 0.125. The highest BCUT2D eigenvalue weighted by molar-refractivity contribution is 6.41. The van der Waals surface area contributed by atoms with Gasteiger partial charge in [-0.2, -0.15) is 0 Å². The third-order valence-electron chi connectivity index (χ3n) is 5.94. The van der Waals surface area contributed by atoms with Gasteiger partial charge < -0.3 is 4.90 Å². The summed E-state index contributed by atoms with van der Waals surface area (Å²) in [5.74, 6) is 0.0960. The van der Waals surface area contributed by atoms with Crippen molar-refractivity contribution in [2.45, 2.75) is 45.6 Å². The van der Waals surface area contributed by atoms with Crippen molar-refractivity contribution < 1.29 is 9.59 Å². The summed E-state index contributed by atoms with van der Waals surface area (Å²) in [6.07, 6.45) is 2.84. The summed E-state index contributed by atoms with van der Waals surface area (Å²) in [7, 11) is 0. The largest absolute Gasteiger partial charge is 0.366 e. The van der Waals surface area contributed by atoms with Crippen LogP contribution in [0.3, 0.4) is 0 Å². The minimum atomic E-state index is -0.169. The first-order valence-corrected chi connectivity index (χ1v) is 9.65. The number of nitrogens with zero attached hydrogens (tertiary/aromatic N) is 1. The highest BCUT2D eigenvalue weighted by Gasteiger charge is 2.36. The van der Waals surface area contributed by atoms with E-state index in [9.17, 15) is 9.59 Å². The van der Waals surface area contributed by atoms with E-state index in [0.717, 1.165) is 18.5 Å². The molecule has 1 unspecified atom stereocenters. The molecule has 0 amide bonds. The van der Waals surface area contributed by atoms with Gasteiger partial charge in [0.25, 0.3) is 0 Å². The fraction of sp³-hybridized carbons (Fsp3) is 0.333. The summed E-state index contributed by atoms with van der Waals surface area (Å²) in [6, 6.07) is 13.4. The molecule has 0 saturated carbocycles. The molecule has 138 valence electrons. The van der Waals surface area contributed by atoms with Crippen LogP contribution in [-0.2, 0) is 0 Å². The Morgan fingerprint density at radius 2 is 1.70 bits per heavy atom. The topological polar surface area (TPSA) is 37.4 Å². The van der Waals surface area contributed by atoms with Crippen LogP contribution in [0.15, 0.2) is 48.0 Å². The minimum Gasteiger partial charge on any atom is -0.366 e. The predicted molar refractivity (Wildman–Crippen MR) is 110 cm³/mol. The Balaban J connectivity index is 1.76. The molecule has 2 aliphatic rings. The molecule has 2 aromatic rings. The Hall–Kier alpha value is -2.68. The molecule has 0 aromatic heterocycles. The van der Waals surface area contributed by atoms with E-state index in [0.29, 0.717) is 17.0 Å². The van der Waals surface area contributed by atoms with Gasteiger partial charge in [-0.1, -0.05) is 37.3 Å². The zero-order valence-electron chi connectivity index (χ0n) is 16.4. The molecule has 1 aliphatic carbocycles. The molecule has 27 heavy (non-hydrogen) atoms. The molecule has 1 atom stereocenters. The van der Waals surface area contributed by atoms with Crippen LogP contribution < -0.4 is 4.90 Å². The molecule has 2 aromatic carbocycles. The predicted octanol–water partition coefficient (Wildman–Crippen LogP) is 5.26. The summed E-state index contributed by atoms with van der Waals surface area (Å²) < 4.78 is 0. The molecule has 0 saturated heterocycles. The molecule has 3 heteroatoms. The van der Waals surface area contributed by atoms with E-state index in [2.05, 4.69) is 44.7 Å². The number of rotatable bonds is 2. The van der Waals surface area contributed by atoms with Crippen molar-refractivity contribution in [3.8, 4) is 0 Å². The fourth-order valence-corrected chi connectivity index (χ4v) is 4.77. The van der Waals surface area contributed by atoms with Crippen LogP contribution in [0.2, 0.25) is 0 Å². The quantitative estimate of drug-likeness (QED) is 0.542. The van der Waals surface area contributed by atoms with E-state index in [1.54, 1.807) is 30.3 Å². The van der Waals surface area contributed by atoms with Crippen molar-refractivity contribution in [3.05, 3.63) is 70.3 Å². The molecular formula is C24H25NO2. The van der Waals surface area contributed by atoms with Gasteiger partial charge in [0.05, 0.1) is 5.57 Å². The first kappa shape index (κ1) is 17.7. The third kappa shape index (κ3) is 2.73. The summed E-state index contributed by atoms with van der Waals surface area (Å²) in [5.41, 5.74) is 4.89. The molecular weight excluding hydrogens is 334 g/mol. The summed E-state index contributed by atoms with van der Waals surface area (Å²) in [5, 5.41) is 0. The van der Waals surface area contributed by atoms with Gasteiger partial charge in [-0.25, -0.2) is 0 Å². The van der Waals surface area contributed by atoms with Gasteiger partial charge in [0.15, 0.2) is 11.6 Å². The van der Waals surface area contributed by atoms with E-state index in [-0.39, 0.29) is 22.7 Å². The van der Waals surface area contributed by atoms with Gasteiger partial charge in [-0.05, 0) is 62.4 Å². The number of benzene rings is 2. The molecule has 4 rings (SSSR count). The van der Waals surface area contributed by atoms with Crippen LogP contribution in [0.1, 0.15) is 71.9 Å². The molecule has 0 spiro atoms. The van der Waals surface area contributed by atoms with E-state index in [1.165, 1.54) is 11.3 Å². The maximum absolute atomic E-state index is 12.7. The smallest absolute Gasteiger partial charge is 0.197 e. The van der Waals surface area contributed by atoms with Crippen molar-refractivity contribution >= 4 is 23.3 Å². The highest BCUT2D eigenvalue weighted by atomic mass is 16.2. The molecule has 1 heterocycles. The van der Waals surface area contributed by atoms with Crippen molar-refractivity contribution in [3.63, 3.8) is 0 Å². The Kier molecular flexibility index (Phi) is 4.06. The van der Waals surface area contributed by atoms with E-state index in [1.807, 2.05) is 6.07 Å². The van der Waals surface area contributed by atoms with Crippen molar-refractivity contribution in [2.24, 2.45) is 0 Å². The van der Waals surface area contributed by atoms with Gasteiger partial charge >= 0.3 is 0 Å². The van der Waals surface area contributed by atoms with Gasteiger partial charge in [0, 0.05) is 28.9 Å². The first-order valence-electron chi connectivity index (χ1n) is 9.65. The molecule has 1 aliphatic heterocycles. The molecule has 0 N–H and O–H groups in total. The van der Waals surface area contributed by atoms with Crippen molar-refractivity contribution in [1.29, 1.82) is 0 Å². The molecule has 0 bridgehead atoms. The monoisotopic (exact) mass is 359 g/mol. The molecule has 0 radical (unpaired) electrons. The van der Waals surface area contributed by atoms with Crippen LogP contribution in [0.4, 0.5) is 5.69 Å². The Labute approximate surface area is 160 Å². The van der Waals surface area contributed by atoms with Crippen LogP contribution in [0.5, 0.6) is 0 Å². The van der Waals surface area contributed by atoms with E-state index < -0.39 is 0 Å². The van der Waals surface area contributed by atoms with Crippen molar-refractivity contribution in [1.82, 2.24) is 0 Å². The highest BCUT2D eigenvalue weighted by Crippen LogP contribution is 2.43. The Morgan fingerprint density at radius 1 is 1.07 bits per heavy atom. The lowest BCUT2D eigenvalue weighted by Gasteiger charge is -2.47. The molecule has 0 fully saturated rings. The number of carbonyl (C=O) groups is 2. The second kappa shape index (κ2) is 6.19. The normalized spacial score (nSPS) is 20.5. The zero-order chi connectivity index (χ0) is 19.3. The van der Waals surface area contributed by atoms with Gasteiger partial charge in [0.2, 0.25) is 0 Å². The number of fused-ring (bicyclic) bond motifs is 2. The van der Waals surface area contributed by atoms with E-state index in [4.69, 9.17) is 0 Å². The maximum atomic E-state index is 12.7. The van der Waals surface area contributed by atoms with Crippen molar-refractivity contribution in [2.75, 3.05) is 11.4 Å². The van der Waals surface area contributed by atoms with Crippen LogP contribution in [-0.4, -0.2) is 23.7 Å². The zero-order valence-corrected chi connectivity index (χ0v) is 16.4. The van der Waals surface area contributed by atoms with Crippen LogP contribution in [0, 0.1) is 0 Å². The van der Waals surface area contributed by atoms with Gasteiger partial charge in [-0.3, -0.25) is 9.59 Å². The Morgan fingerprint density at radius 3 is 2.30 bits per heavy atom. The number of carbonyl (C=O) groups excluding carboxylic acids is 2. The third-order valence-corrected chi connectivity index (χ3v) is 5.94. The Bertz CT molecular complexity index is 947. The number of ketones is 2. The number of anilines is 1. The number of allylic oxidation sites excluding steroid dienone is 1. The van der Waals surface area contributed by atoms with Crippen LogP contribution >= 0.6 is 0 Å². The lowest BCUT2D eigenvalue weighted by Crippen LogP contribution is -2.48. The fourth-order valence-electron chi connectivity index (χ4n) is 4.77. The second-order valence-corrected chi connectivity index (χ2v) is 8.24. The standard InChI is InChI=1S/C24H25NO2/c1-5-25-21-11-10-16(12-19(21)15(2)14-24(25,3)4)13-20-22(26)17-8-6-7-9-18(17)23(20)27/h6-13,15H,5,14H2,1-4H3. The number of hydrogen-bond acceptors (Lipinski definition) is 3. The second-order valence-electron chi connectivity index (χ2n) is 8.24. The van der Waals surface area contributed by atoms with Gasteiger partial charge in [0.1, 0.15) is 0 Å². The van der Waals surface area contributed by atoms with Crippen LogP contribution in [0.25, 0.3) is 6.08 Å². The summed E-state index contributed by atoms with van der Waals surface area (Å²) >= 11 is 0. The summed E-state index contributed by atoms with van der Waals surface area (Å²) in [6.45, 7) is 9.98. The lowest BCUT2D eigenvalue weighted by molar-refractivity contribution is 0.0990. The maximum Gasteiger partial charge on any atom is 0.197 e. The summed E-state index contributed by atoms with van der Waals surface area (Å²) in [4.78, 5) is 27.7. The SMILES string of the molecule is CCN1c2ccc(C=C3C(=O)c4ccccc4C3=O)cc2C(C)CC1(C)C. The average Bonchev–Trinajstić information content (AvgIpc) is 2.87. The average molecular weight is 359 g/mol. The van der Waals surface area contributed by atoms with Gasteiger partial charge in [-0.15, -0.1) is 0 Å². The number of Topliss-reactive ketones (excluding diaryl/α,β-unsaturated/α-hetero) is 2. The first-order chi connectivity index (χ1) is 12.8. The molecule has 3 nitrogen and oxygen atoms in total.